The molecule has 0 radical (unpaired) electrons. The van der Waals surface area contributed by atoms with Crippen LogP contribution < -0.4 is 9.62 Å². The van der Waals surface area contributed by atoms with Gasteiger partial charge in [0.15, 0.2) is 0 Å². The molecule has 2 aliphatic rings. The predicted molar refractivity (Wildman–Crippen MR) is 97.4 cm³/mol. The summed E-state index contributed by atoms with van der Waals surface area (Å²) in [6.07, 6.45) is 4.54. The molecule has 1 aliphatic carbocycles. The molecule has 0 unspecified atom stereocenters. The molecule has 2 aromatic rings. The summed E-state index contributed by atoms with van der Waals surface area (Å²) < 4.78 is 28.1. The lowest BCUT2D eigenvalue weighted by Gasteiger charge is -2.17. The molecule has 1 heterocycles. The minimum Gasteiger partial charge on any atom is -0.315 e. The van der Waals surface area contributed by atoms with Crippen LogP contribution in [0.3, 0.4) is 0 Å². The second-order valence-electron chi connectivity index (χ2n) is 6.72. The van der Waals surface area contributed by atoms with Gasteiger partial charge in [-0.05, 0) is 72.7 Å². The van der Waals surface area contributed by atoms with Crippen LogP contribution in [0.2, 0.25) is 0 Å². The van der Waals surface area contributed by atoms with Gasteiger partial charge < -0.3 is 4.90 Å². The summed E-state index contributed by atoms with van der Waals surface area (Å²) in [5.74, 6) is 0.0182. The Bertz CT molecular complexity index is 967. The molecule has 0 fully saturated rings. The van der Waals surface area contributed by atoms with Gasteiger partial charge in [0, 0.05) is 18.4 Å². The molecular weight excluding hydrogens is 336 g/mol. The number of carbonyl (C=O) groups excluding carboxylic acids is 1. The lowest BCUT2D eigenvalue weighted by molar-refractivity contribution is -0.117. The number of rotatable bonds is 3. The number of hydrogen-bond acceptors (Lipinski definition) is 3. The lowest BCUT2D eigenvalue weighted by Crippen LogP contribution is -2.20. The first-order chi connectivity index (χ1) is 11.9. The van der Waals surface area contributed by atoms with Crippen molar-refractivity contribution in [2.45, 2.75) is 37.0 Å². The van der Waals surface area contributed by atoms with Crippen LogP contribution in [0.4, 0.5) is 11.4 Å². The highest BCUT2D eigenvalue weighted by Gasteiger charge is 2.25. The van der Waals surface area contributed by atoms with Gasteiger partial charge in [0.2, 0.25) is 5.91 Å². The van der Waals surface area contributed by atoms with E-state index in [2.05, 4.69) is 4.72 Å². The number of hydrogen-bond donors (Lipinski definition) is 1. The molecule has 0 aromatic heterocycles. The van der Waals surface area contributed by atoms with Crippen molar-refractivity contribution < 1.29 is 13.2 Å². The maximum Gasteiger partial charge on any atom is 0.261 e. The smallest absolute Gasteiger partial charge is 0.261 e. The van der Waals surface area contributed by atoms with Gasteiger partial charge >= 0.3 is 0 Å². The maximum absolute atomic E-state index is 12.7. The highest BCUT2D eigenvalue weighted by atomic mass is 32.2. The van der Waals surface area contributed by atoms with Gasteiger partial charge in [-0.2, -0.15) is 0 Å². The number of nitrogens with zero attached hydrogens (tertiary/aromatic N) is 1. The van der Waals surface area contributed by atoms with E-state index in [1.165, 1.54) is 12.0 Å². The Morgan fingerprint density at radius 3 is 2.52 bits per heavy atom. The summed E-state index contributed by atoms with van der Waals surface area (Å²) in [4.78, 5) is 13.7. The molecule has 5 nitrogen and oxygen atoms in total. The molecule has 130 valence electrons. The number of nitrogens with one attached hydrogen (secondary N) is 1. The quantitative estimate of drug-likeness (QED) is 0.920. The number of carbonyl (C=O) groups is 1. The average molecular weight is 356 g/mol. The molecule has 25 heavy (non-hydrogen) atoms. The number of sulfonamides is 1. The molecule has 0 saturated carbocycles. The number of fused-ring (bicyclic) bond motifs is 2. The van der Waals surface area contributed by atoms with Crippen LogP contribution in [0.25, 0.3) is 0 Å². The van der Waals surface area contributed by atoms with Crippen molar-refractivity contribution >= 4 is 27.3 Å². The monoisotopic (exact) mass is 356 g/mol. The second-order valence-corrected chi connectivity index (χ2v) is 8.40. The van der Waals surface area contributed by atoms with Crippen LogP contribution in [0, 0.1) is 0 Å². The van der Waals surface area contributed by atoms with Gasteiger partial charge in [-0.15, -0.1) is 0 Å². The van der Waals surface area contributed by atoms with Gasteiger partial charge in [0.1, 0.15) is 0 Å². The Morgan fingerprint density at radius 2 is 1.72 bits per heavy atom. The Morgan fingerprint density at radius 1 is 0.960 bits per heavy atom. The number of amides is 1. The van der Waals surface area contributed by atoms with Crippen LogP contribution in [0.15, 0.2) is 41.3 Å². The van der Waals surface area contributed by atoms with Gasteiger partial charge in [0.25, 0.3) is 10.0 Å². The first-order valence-corrected chi connectivity index (χ1v) is 9.96. The summed E-state index contributed by atoms with van der Waals surface area (Å²) >= 11 is 0. The highest BCUT2D eigenvalue weighted by Crippen LogP contribution is 2.31. The van der Waals surface area contributed by atoms with Gasteiger partial charge in [-0.25, -0.2) is 8.42 Å². The fourth-order valence-corrected chi connectivity index (χ4v) is 4.72. The summed E-state index contributed by atoms with van der Waals surface area (Å²) in [6.45, 7) is 0. The molecule has 0 saturated heterocycles. The van der Waals surface area contributed by atoms with E-state index in [4.69, 9.17) is 0 Å². The third-order valence-corrected chi connectivity index (χ3v) is 6.42. The van der Waals surface area contributed by atoms with Crippen LogP contribution in [-0.4, -0.2) is 21.4 Å². The molecule has 0 spiro atoms. The summed E-state index contributed by atoms with van der Waals surface area (Å²) in [5.41, 5.74) is 4.55. The molecule has 2 aromatic carbocycles. The number of benzene rings is 2. The standard InChI is InChI=1S/C19H20N2O3S/c1-21-18-9-7-16(10-15(18)12-19(21)22)20-25(23,24)17-8-6-13-4-2-3-5-14(13)11-17/h6-11,20H,2-5,12H2,1H3. The molecule has 4 rings (SSSR count). The van der Waals surface area contributed by atoms with Gasteiger partial charge in [-0.3, -0.25) is 9.52 Å². The molecule has 1 amide bonds. The molecule has 1 N–H and O–H groups in total. The zero-order chi connectivity index (χ0) is 17.6. The third kappa shape index (κ3) is 2.91. The van der Waals surface area contributed by atoms with Crippen molar-refractivity contribution in [3.05, 3.63) is 53.1 Å². The van der Waals surface area contributed by atoms with Crippen molar-refractivity contribution in [1.29, 1.82) is 0 Å². The fourth-order valence-electron chi connectivity index (χ4n) is 3.62. The predicted octanol–water partition coefficient (Wildman–Crippen LogP) is 2.89. The molecule has 0 bridgehead atoms. The Labute approximate surface area is 147 Å². The van der Waals surface area contributed by atoms with E-state index in [-0.39, 0.29) is 5.91 Å². The van der Waals surface area contributed by atoms with E-state index < -0.39 is 10.0 Å². The van der Waals surface area contributed by atoms with E-state index in [0.29, 0.717) is 17.0 Å². The van der Waals surface area contributed by atoms with E-state index in [9.17, 15) is 13.2 Å². The van der Waals surface area contributed by atoms with Gasteiger partial charge in [0.05, 0.1) is 11.3 Å². The number of anilines is 2. The molecule has 0 atom stereocenters. The maximum atomic E-state index is 12.7. The third-order valence-electron chi connectivity index (χ3n) is 5.04. The van der Waals surface area contributed by atoms with E-state index in [1.54, 1.807) is 42.3 Å². The van der Waals surface area contributed by atoms with Crippen LogP contribution >= 0.6 is 0 Å². The van der Waals surface area contributed by atoms with Crippen molar-refractivity contribution in [2.75, 3.05) is 16.7 Å². The summed E-state index contributed by atoms with van der Waals surface area (Å²) in [6, 6.07) is 10.6. The zero-order valence-electron chi connectivity index (χ0n) is 14.1. The second kappa shape index (κ2) is 5.88. The van der Waals surface area contributed by atoms with Crippen LogP contribution in [0.5, 0.6) is 0 Å². The first-order valence-electron chi connectivity index (χ1n) is 8.48. The van der Waals surface area contributed by atoms with Crippen molar-refractivity contribution in [1.82, 2.24) is 0 Å². The van der Waals surface area contributed by atoms with Crippen LogP contribution in [0.1, 0.15) is 29.5 Å². The highest BCUT2D eigenvalue weighted by molar-refractivity contribution is 7.92. The summed E-state index contributed by atoms with van der Waals surface area (Å²) in [5, 5.41) is 0. The molecule has 1 aliphatic heterocycles. The minimum atomic E-state index is -3.64. The zero-order valence-corrected chi connectivity index (χ0v) is 14.9. The van der Waals surface area contributed by atoms with E-state index in [0.717, 1.165) is 36.1 Å². The average Bonchev–Trinajstić information content (AvgIpc) is 2.88. The summed E-state index contributed by atoms with van der Waals surface area (Å²) in [7, 11) is -1.91. The van der Waals surface area contributed by atoms with Crippen molar-refractivity contribution in [3.63, 3.8) is 0 Å². The van der Waals surface area contributed by atoms with Crippen molar-refractivity contribution in [3.8, 4) is 0 Å². The SMILES string of the molecule is CN1C(=O)Cc2cc(NS(=O)(=O)c3ccc4c(c3)CCCC4)ccc21. The van der Waals surface area contributed by atoms with E-state index in [1.807, 2.05) is 6.07 Å². The topological polar surface area (TPSA) is 66.5 Å². The Balaban J connectivity index is 1.62. The number of likely N-dealkylation sites (N-methyl/N-ethyl adjacent to an activating group) is 1. The van der Waals surface area contributed by atoms with Crippen molar-refractivity contribution in [2.24, 2.45) is 0 Å². The number of aryl methyl sites for hydroxylation is 2. The minimum absolute atomic E-state index is 0.0182. The normalized spacial score (nSPS) is 16.5. The fraction of sp³-hybridized carbons (Fsp3) is 0.316. The van der Waals surface area contributed by atoms with E-state index >= 15 is 0 Å². The Hall–Kier alpha value is -2.34. The first kappa shape index (κ1) is 16.1. The largest absolute Gasteiger partial charge is 0.315 e. The lowest BCUT2D eigenvalue weighted by atomic mass is 9.92. The van der Waals surface area contributed by atoms with Gasteiger partial charge in [-0.1, -0.05) is 6.07 Å². The Kier molecular flexibility index (Phi) is 3.80. The molecule has 6 heteroatoms. The molecular formula is C19H20N2O3S. The van der Waals surface area contributed by atoms with Crippen LogP contribution in [-0.2, 0) is 34.1 Å².